The molecule has 2 heterocycles. The number of rotatable bonds is 7. The van der Waals surface area contributed by atoms with Crippen molar-refractivity contribution >= 4 is 27.0 Å². The van der Waals surface area contributed by atoms with Crippen LogP contribution in [-0.4, -0.2) is 46.5 Å². The van der Waals surface area contributed by atoms with E-state index in [1.807, 2.05) is 27.7 Å². The fraction of sp³-hybridized carbons (Fsp3) is 0.381. The van der Waals surface area contributed by atoms with Crippen LogP contribution in [0.3, 0.4) is 0 Å². The highest BCUT2D eigenvalue weighted by atomic mass is 32.2. The summed E-state index contributed by atoms with van der Waals surface area (Å²) in [6.07, 6.45) is 0. The Morgan fingerprint density at radius 1 is 1.13 bits per heavy atom. The second-order valence-corrected chi connectivity index (χ2v) is 9.07. The predicted molar refractivity (Wildman–Crippen MR) is 116 cm³/mol. The number of nitrogens with one attached hydrogen (secondary N) is 1. The van der Waals surface area contributed by atoms with Crippen molar-refractivity contribution in [3.63, 3.8) is 0 Å². The molecule has 0 fully saturated rings. The summed E-state index contributed by atoms with van der Waals surface area (Å²) in [6.45, 7) is 8.44. The third-order valence-corrected chi connectivity index (χ3v) is 7.13. The number of carbonyl (C=O) groups excluding carboxylic acids is 1. The molecule has 1 amide bonds. The molecule has 0 saturated heterocycles. The molecule has 0 unspecified atom stereocenters. The van der Waals surface area contributed by atoms with Crippen molar-refractivity contribution in [3.05, 3.63) is 52.8 Å². The number of pyridine rings is 1. The van der Waals surface area contributed by atoms with Gasteiger partial charge in [-0.1, -0.05) is 26.0 Å². The van der Waals surface area contributed by atoms with Crippen LogP contribution in [0.25, 0.3) is 11.0 Å². The average molecular weight is 430 g/mol. The zero-order chi connectivity index (χ0) is 22.1. The van der Waals surface area contributed by atoms with Crippen molar-refractivity contribution in [2.24, 2.45) is 7.05 Å². The van der Waals surface area contributed by atoms with E-state index in [1.165, 1.54) is 4.31 Å². The normalized spacial score (nSPS) is 11.9. The standard InChI is InChI=1S/C21H27N5O3S/c1-6-26(7-2)30(28,29)17-10-8-16(9-11-17)13-22-21(27)18-12-14(3)23-20-19(18)15(4)24-25(20)5/h8-12H,6-7,13H2,1-5H3,(H,22,27). The largest absolute Gasteiger partial charge is 0.348 e. The lowest BCUT2D eigenvalue weighted by Gasteiger charge is -2.18. The average Bonchev–Trinajstić information content (AvgIpc) is 3.00. The van der Waals surface area contributed by atoms with Crippen LogP contribution in [0.4, 0.5) is 0 Å². The van der Waals surface area contributed by atoms with Crippen molar-refractivity contribution in [1.82, 2.24) is 24.4 Å². The molecule has 0 saturated carbocycles. The number of hydrogen-bond donors (Lipinski definition) is 1. The van der Waals surface area contributed by atoms with E-state index in [4.69, 9.17) is 0 Å². The van der Waals surface area contributed by atoms with Gasteiger partial charge in [0, 0.05) is 32.4 Å². The van der Waals surface area contributed by atoms with E-state index < -0.39 is 10.0 Å². The molecule has 8 nitrogen and oxygen atoms in total. The van der Waals surface area contributed by atoms with E-state index in [0.29, 0.717) is 24.3 Å². The summed E-state index contributed by atoms with van der Waals surface area (Å²) in [5.41, 5.74) is 3.50. The topological polar surface area (TPSA) is 97.2 Å². The highest BCUT2D eigenvalue weighted by molar-refractivity contribution is 7.89. The van der Waals surface area contributed by atoms with Gasteiger partial charge in [0.15, 0.2) is 5.65 Å². The van der Waals surface area contributed by atoms with Crippen molar-refractivity contribution in [3.8, 4) is 0 Å². The third kappa shape index (κ3) is 4.08. The molecule has 2 aromatic heterocycles. The van der Waals surface area contributed by atoms with Gasteiger partial charge in [-0.15, -0.1) is 0 Å². The second-order valence-electron chi connectivity index (χ2n) is 7.13. The molecule has 9 heteroatoms. The SMILES string of the molecule is CCN(CC)S(=O)(=O)c1ccc(CNC(=O)c2cc(C)nc3c2c(C)nn3C)cc1. The van der Waals surface area contributed by atoms with Gasteiger partial charge in [-0.3, -0.25) is 9.48 Å². The van der Waals surface area contributed by atoms with Crippen LogP contribution in [0.1, 0.15) is 41.2 Å². The van der Waals surface area contributed by atoms with Crippen LogP contribution in [-0.2, 0) is 23.6 Å². The van der Waals surface area contributed by atoms with Gasteiger partial charge >= 0.3 is 0 Å². The number of sulfonamides is 1. The van der Waals surface area contributed by atoms with Crippen molar-refractivity contribution in [2.45, 2.75) is 39.1 Å². The minimum atomic E-state index is -3.49. The van der Waals surface area contributed by atoms with Crippen LogP contribution in [0.15, 0.2) is 35.2 Å². The number of carbonyl (C=O) groups is 1. The molecule has 160 valence electrons. The van der Waals surface area contributed by atoms with Gasteiger partial charge < -0.3 is 5.32 Å². The molecule has 30 heavy (non-hydrogen) atoms. The lowest BCUT2D eigenvalue weighted by Crippen LogP contribution is -2.30. The maximum absolute atomic E-state index is 12.9. The van der Waals surface area contributed by atoms with Crippen molar-refractivity contribution in [1.29, 1.82) is 0 Å². The Labute approximate surface area is 177 Å². The van der Waals surface area contributed by atoms with Gasteiger partial charge in [-0.25, -0.2) is 13.4 Å². The van der Waals surface area contributed by atoms with Gasteiger partial charge in [-0.2, -0.15) is 9.40 Å². The summed E-state index contributed by atoms with van der Waals surface area (Å²) in [5, 5.41) is 8.01. The van der Waals surface area contributed by atoms with E-state index in [0.717, 1.165) is 22.3 Å². The molecule has 0 aliphatic heterocycles. The molecule has 0 bridgehead atoms. The molecule has 0 radical (unpaired) electrons. The molecule has 1 aromatic carbocycles. The first kappa shape index (κ1) is 21.9. The Morgan fingerprint density at radius 2 is 1.77 bits per heavy atom. The molecular formula is C21H27N5O3S. The maximum atomic E-state index is 12.9. The van der Waals surface area contributed by atoms with Crippen molar-refractivity contribution < 1.29 is 13.2 Å². The summed E-state index contributed by atoms with van der Waals surface area (Å²) in [6, 6.07) is 8.36. The number of aromatic nitrogens is 3. The lowest BCUT2D eigenvalue weighted by molar-refractivity contribution is 0.0952. The molecule has 0 spiro atoms. The van der Waals surface area contributed by atoms with Gasteiger partial charge in [0.25, 0.3) is 5.91 Å². The monoisotopic (exact) mass is 429 g/mol. The van der Waals surface area contributed by atoms with Crippen LogP contribution in [0.2, 0.25) is 0 Å². The Hall–Kier alpha value is -2.78. The summed E-state index contributed by atoms with van der Waals surface area (Å²) in [5.74, 6) is -0.221. The molecule has 3 rings (SSSR count). The van der Waals surface area contributed by atoms with Gasteiger partial charge in [0.2, 0.25) is 10.0 Å². The molecule has 0 atom stereocenters. The van der Waals surface area contributed by atoms with E-state index in [9.17, 15) is 13.2 Å². The van der Waals surface area contributed by atoms with Gasteiger partial charge in [0.05, 0.1) is 21.5 Å². The van der Waals surface area contributed by atoms with Crippen LogP contribution >= 0.6 is 0 Å². The fourth-order valence-electron chi connectivity index (χ4n) is 3.52. The number of amides is 1. The Morgan fingerprint density at radius 3 is 2.37 bits per heavy atom. The minimum Gasteiger partial charge on any atom is -0.348 e. The quantitative estimate of drug-likeness (QED) is 0.622. The maximum Gasteiger partial charge on any atom is 0.252 e. The molecule has 1 N–H and O–H groups in total. The fourth-order valence-corrected chi connectivity index (χ4v) is 4.98. The smallest absolute Gasteiger partial charge is 0.252 e. The number of aryl methyl sites for hydroxylation is 3. The number of benzene rings is 1. The first-order chi connectivity index (χ1) is 14.2. The van der Waals surface area contributed by atoms with Gasteiger partial charge in [-0.05, 0) is 37.6 Å². The number of nitrogens with zero attached hydrogens (tertiary/aromatic N) is 4. The number of hydrogen-bond acceptors (Lipinski definition) is 5. The molecule has 0 aliphatic carbocycles. The Balaban J connectivity index is 1.78. The minimum absolute atomic E-state index is 0.221. The highest BCUT2D eigenvalue weighted by Gasteiger charge is 2.21. The summed E-state index contributed by atoms with van der Waals surface area (Å²) >= 11 is 0. The number of fused-ring (bicyclic) bond motifs is 1. The van der Waals surface area contributed by atoms with Crippen LogP contribution in [0.5, 0.6) is 0 Å². The Bertz CT molecular complexity index is 1180. The van der Waals surface area contributed by atoms with E-state index >= 15 is 0 Å². The first-order valence-corrected chi connectivity index (χ1v) is 11.3. The lowest BCUT2D eigenvalue weighted by atomic mass is 10.1. The first-order valence-electron chi connectivity index (χ1n) is 9.87. The predicted octanol–water partition coefficient (Wildman–Crippen LogP) is 2.55. The van der Waals surface area contributed by atoms with E-state index in [-0.39, 0.29) is 17.3 Å². The molecule has 0 aliphatic rings. The molecular weight excluding hydrogens is 402 g/mol. The summed E-state index contributed by atoms with van der Waals surface area (Å²) < 4.78 is 28.3. The van der Waals surface area contributed by atoms with Gasteiger partial charge in [0.1, 0.15) is 0 Å². The highest BCUT2D eigenvalue weighted by Crippen LogP contribution is 2.22. The third-order valence-electron chi connectivity index (χ3n) is 5.06. The van der Waals surface area contributed by atoms with Crippen LogP contribution in [0, 0.1) is 13.8 Å². The zero-order valence-corrected chi connectivity index (χ0v) is 18.7. The summed E-state index contributed by atoms with van der Waals surface area (Å²) in [7, 11) is -1.69. The van der Waals surface area contributed by atoms with E-state index in [1.54, 1.807) is 42.1 Å². The second kappa shape index (κ2) is 8.53. The van der Waals surface area contributed by atoms with E-state index in [2.05, 4.69) is 15.4 Å². The molecule has 3 aromatic rings. The summed E-state index contributed by atoms with van der Waals surface area (Å²) in [4.78, 5) is 17.6. The van der Waals surface area contributed by atoms with Crippen LogP contribution < -0.4 is 5.32 Å². The Kier molecular flexibility index (Phi) is 6.23. The zero-order valence-electron chi connectivity index (χ0n) is 17.9. The van der Waals surface area contributed by atoms with Crippen molar-refractivity contribution in [2.75, 3.05) is 13.1 Å².